The van der Waals surface area contributed by atoms with Crippen LogP contribution >= 0.6 is 0 Å². The second kappa shape index (κ2) is 4.32. The first-order valence-electron chi connectivity index (χ1n) is 5.97. The maximum absolute atomic E-state index is 12.4. The molecule has 1 aromatic heterocycles. The van der Waals surface area contributed by atoms with E-state index in [-0.39, 0.29) is 16.5 Å². The molecular weight excluding hydrogens is 252 g/mol. The van der Waals surface area contributed by atoms with Crippen LogP contribution in [-0.4, -0.2) is 41.4 Å². The molecule has 1 aliphatic rings. The summed E-state index contributed by atoms with van der Waals surface area (Å²) in [6, 6.07) is 0.0349. The summed E-state index contributed by atoms with van der Waals surface area (Å²) in [6.07, 6.45) is 3.70. The molecule has 7 heteroatoms. The van der Waals surface area contributed by atoms with Gasteiger partial charge in [-0.3, -0.25) is 0 Å². The molecule has 0 aromatic carbocycles. The van der Waals surface area contributed by atoms with Crippen LogP contribution in [0.25, 0.3) is 0 Å². The molecule has 18 heavy (non-hydrogen) atoms. The third-order valence-electron chi connectivity index (χ3n) is 3.56. The average molecular weight is 272 g/mol. The van der Waals surface area contributed by atoms with Crippen molar-refractivity contribution in [1.29, 1.82) is 0 Å². The number of hydrogen-bond donors (Lipinski definition) is 1. The lowest BCUT2D eigenvalue weighted by atomic mass is 9.81. The Balaban J connectivity index is 2.27. The van der Waals surface area contributed by atoms with Gasteiger partial charge in [0.1, 0.15) is 0 Å². The van der Waals surface area contributed by atoms with E-state index in [0.29, 0.717) is 19.5 Å². The monoisotopic (exact) mass is 272 g/mol. The van der Waals surface area contributed by atoms with E-state index in [9.17, 15) is 8.42 Å². The van der Waals surface area contributed by atoms with Crippen LogP contribution in [0.15, 0.2) is 17.6 Å². The zero-order valence-corrected chi connectivity index (χ0v) is 11.8. The molecule has 0 amide bonds. The van der Waals surface area contributed by atoms with Gasteiger partial charge in [0.15, 0.2) is 5.03 Å². The van der Waals surface area contributed by atoms with Gasteiger partial charge in [-0.2, -0.15) is 4.31 Å². The first-order valence-corrected chi connectivity index (χ1v) is 7.41. The number of aryl methyl sites for hydroxylation is 1. The Hall–Kier alpha value is -0.920. The predicted octanol–water partition coefficient (Wildman–Crippen LogP) is 0.168. The molecule has 2 heterocycles. The van der Waals surface area contributed by atoms with E-state index in [1.54, 1.807) is 11.6 Å². The highest BCUT2D eigenvalue weighted by Gasteiger charge is 2.39. The van der Waals surface area contributed by atoms with Crippen molar-refractivity contribution in [2.75, 3.05) is 13.1 Å². The third-order valence-corrected chi connectivity index (χ3v) is 5.29. The summed E-state index contributed by atoms with van der Waals surface area (Å²) in [5, 5.41) is 0.108. The second-order valence-electron chi connectivity index (χ2n) is 5.60. The van der Waals surface area contributed by atoms with Crippen molar-refractivity contribution < 1.29 is 8.42 Å². The summed E-state index contributed by atoms with van der Waals surface area (Å²) in [4.78, 5) is 3.93. The molecule has 1 saturated heterocycles. The molecule has 1 aliphatic heterocycles. The van der Waals surface area contributed by atoms with E-state index in [4.69, 9.17) is 5.73 Å². The molecule has 1 unspecified atom stereocenters. The lowest BCUT2D eigenvalue weighted by Gasteiger charge is -2.41. The molecule has 0 radical (unpaired) electrons. The lowest BCUT2D eigenvalue weighted by molar-refractivity contribution is 0.155. The number of hydrogen-bond acceptors (Lipinski definition) is 4. The summed E-state index contributed by atoms with van der Waals surface area (Å²) in [6.45, 7) is 4.89. The van der Waals surface area contributed by atoms with Crippen molar-refractivity contribution in [3.05, 3.63) is 12.5 Å². The zero-order valence-electron chi connectivity index (χ0n) is 11.0. The zero-order chi connectivity index (χ0) is 13.6. The fourth-order valence-corrected chi connectivity index (χ4v) is 3.78. The minimum atomic E-state index is -3.49. The van der Waals surface area contributed by atoms with Crippen LogP contribution in [0.4, 0.5) is 0 Å². The van der Waals surface area contributed by atoms with Crippen molar-refractivity contribution in [2.24, 2.45) is 18.2 Å². The first kappa shape index (κ1) is 13.5. The summed E-state index contributed by atoms with van der Waals surface area (Å²) < 4.78 is 27.9. The van der Waals surface area contributed by atoms with Crippen LogP contribution in [0.3, 0.4) is 0 Å². The number of rotatable bonds is 2. The molecule has 1 aromatic rings. The number of imidazole rings is 1. The smallest absolute Gasteiger partial charge is 0.262 e. The highest BCUT2D eigenvalue weighted by atomic mass is 32.2. The molecule has 2 rings (SSSR count). The van der Waals surface area contributed by atoms with Crippen molar-refractivity contribution in [3.63, 3.8) is 0 Å². The normalized spacial score (nSPS) is 25.2. The quantitative estimate of drug-likeness (QED) is 0.832. The molecule has 0 bridgehead atoms. The number of piperidine rings is 1. The van der Waals surface area contributed by atoms with Gasteiger partial charge >= 0.3 is 0 Å². The first-order chi connectivity index (χ1) is 8.23. The Bertz CT molecular complexity index is 535. The molecule has 102 valence electrons. The fourth-order valence-electron chi connectivity index (χ4n) is 2.18. The van der Waals surface area contributed by atoms with E-state index in [2.05, 4.69) is 4.98 Å². The fraction of sp³-hybridized carbons (Fsp3) is 0.727. The van der Waals surface area contributed by atoms with Gasteiger partial charge in [-0.25, -0.2) is 13.4 Å². The lowest BCUT2D eigenvalue weighted by Crippen LogP contribution is -2.53. The predicted molar refractivity (Wildman–Crippen MR) is 68.3 cm³/mol. The van der Waals surface area contributed by atoms with Crippen LogP contribution in [-0.2, 0) is 17.1 Å². The molecule has 1 atom stereocenters. The van der Waals surface area contributed by atoms with E-state index in [1.807, 2.05) is 13.8 Å². The maximum Gasteiger partial charge on any atom is 0.262 e. The van der Waals surface area contributed by atoms with Crippen LogP contribution in [0.5, 0.6) is 0 Å². The van der Waals surface area contributed by atoms with Gasteiger partial charge in [0.2, 0.25) is 0 Å². The summed E-state index contributed by atoms with van der Waals surface area (Å²) >= 11 is 0. The van der Waals surface area contributed by atoms with E-state index < -0.39 is 10.0 Å². The van der Waals surface area contributed by atoms with Crippen LogP contribution in [0.2, 0.25) is 0 Å². The van der Waals surface area contributed by atoms with E-state index >= 15 is 0 Å². The molecule has 0 aliphatic carbocycles. The third kappa shape index (κ3) is 2.30. The molecule has 0 saturated carbocycles. The molecule has 0 spiro atoms. The van der Waals surface area contributed by atoms with Gasteiger partial charge < -0.3 is 10.3 Å². The van der Waals surface area contributed by atoms with Crippen molar-refractivity contribution >= 4 is 10.0 Å². The Kier molecular flexibility index (Phi) is 3.25. The highest BCUT2D eigenvalue weighted by molar-refractivity contribution is 7.89. The highest BCUT2D eigenvalue weighted by Crippen LogP contribution is 2.30. The Morgan fingerprint density at radius 1 is 1.50 bits per heavy atom. The molecule has 1 fully saturated rings. The van der Waals surface area contributed by atoms with Gasteiger partial charge in [0, 0.05) is 32.4 Å². The van der Waals surface area contributed by atoms with Gasteiger partial charge in [-0.05, 0) is 11.8 Å². The number of sulfonamides is 1. The van der Waals surface area contributed by atoms with Gasteiger partial charge in [0.25, 0.3) is 10.0 Å². The second-order valence-corrected chi connectivity index (χ2v) is 7.48. The van der Waals surface area contributed by atoms with Crippen molar-refractivity contribution in [1.82, 2.24) is 13.9 Å². The topological polar surface area (TPSA) is 81.2 Å². The molecular formula is C11H20N4O2S. The van der Waals surface area contributed by atoms with Crippen molar-refractivity contribution in [2.45, 2.75) is 31.3 Å². The van der Waals surface area contributed by atoms with Crippen LogP contribution in [0.1, 0.15) is 20.3 Å². The van der Waals surface area contributed by atoms with Gasteiger partial charge in [-0.15, -0.1) is 0 Å². The molecule has 6 nitrogen and oxygen atoms in total. The van der Waals surface area contributed by atoms with Gasteiger partial charge in [0.05, 0.1) is 6.33 Å². The minimum absolute atomic E-state index is 0.0349. The molecule has 2 N–H and O–H groups in total. The number of nitrogens with two attached hydrogens (primary N) is 1. The largest absolute Gasteiger partial charge is 0.339 e. The average Bonchev–Trinajstić information content (AvgIpc) is 2.69. The Morgan fingerprint density at radius 3 is 2.67 bits per heavy atom. The Morgan fingerprint density at radius 2 is 2.17 bits per heavy atom. The standard InChI is InChI=1S/C11H20N4O2S/c1-11(2)7-15(5-4-9(11)12)18(16,17)10-6-14(3)8-13-10/h6,8-9H,4-5,7,12H2,1-3H3. The Labute approximate surface area is 108 Å². The summed E-state index contributed by atoms with van der Waals surface area (Å²) in [5.41, 5.74) is 5.81. The summed E-state index contributed by atoms with van der Waals surface area (Å²) in [5.74, 6) is 0. The number of nitrogens with zero attached hydrogens (tertiary/aromatic N) is 3. The maximum atomic E-state index is 12.4. The van der Waals surface area contributed by atoms with Crippen LogP contribution in [0, 0.1) is 5.41 Å². The van der Waals surface area contributed by atoms with E-state index in [0.717, 1.165) is 0 Å². The SMILES string of the molecule is Cn1cnc(S(=O)(=O)N2CCC(N)C(C)(C)C2)c1. The van der Waals surface area contributed by atoms with Gasteiger partial charge in [-0.1, -0.05) is 13.8 Å². The minimum Gasteiger partial charge on any atom is -0.339 e. The summed E-state index contributed by atoms with van der Waals surface area (Å²) in [7, 11) is -1.74. The number of aromatic nitrogens is 2. The van der Waals surface area contributed by atoms with Crippen molar-refractivity contribution in [3.8, 4) is 0 Å². The van der Waals surface area contributed by atoms with Crippen LogP contribution < -0.4 is 5.73 Å². The van der Waals surface area contributed by atoms with E-state index in [1.165, 1.54) is 16.8 Å².